The van der Waals surface area contributed by atoms with Crippen LogP contribution in [0.1, 0.15) is 33.9 Å². The number of hydrazone groups is 1. The van der Waals surface area contributed by atoms with Crippen LogP contribution in [0.4, 0.5) is 4.39 Å². The number of halogens is 2. The van der Waals surface area contributed by atoms with Crippen LogP contribution in [-0.2, 0) is 9.53 Å². The second-order valence-corrected chi connectivity index (χ2v) is 10.4. The Kier molecular flexibility index (Phi) is 9.28. The van der Waals surface area contributed by atoms with Gasteiger partial charge < -0.3 is 14.4 Å². The number of benzene rings is 3. The first-order chi connectivity index (χ1) is 19.9. The van der Waals surface area contributed by atoms with Crippen molar-refractivity contribution in [3.05, 3.63) is 100 Å². The average Bonchev–Trinajstić information content (AvgIpc) is 3.46. The maximum atomic E-state index is 13.9. The van der Waals surface area contributed by atoms with E-state index in [4.69, 9.17) is 21.1 Å². The third kappa shape index (κ3) is 7.11. The van der Waals surface area contributed by atoms with E-state index in [0.29, 0.717) is 54.8 Å². The number of methoxy groups -OCH3 is 1. The molecular formula is C31H32ClFN4O4. The van der Waals surface area contributed by atoms with Crippen LogP contribution in [0.15, 0.2) is 77.9 Å². The Labute approximate surface area is 243 Å². The molecule has 0 aliphatic carbocycles. The molecule has 3 aromatic rings. The van der Waals surface area contributed by atoms with Gasteiger partial charge in [0.05, 0.1) is 32.1 Å². The lowest BCUT2D eigenvalue weighted by molar-refractivity contribution is -0.133. The molecule has 214 valence electrons. The highest BCUT2D eigenvalue weighted by atomic mass is 35.5. The van der Waals surface area contributed by atoms with E-state index < -0.39 is 6.04 Å². The van der Waals surface area contributed by atoms with Gasteiger partial charge in [0.1, 0.15) is 18.1 Å². The number of ether oxygens (including phenoxy) is 2. The number of hydrogen-bond acceptors (Lipinski definition) is 6. The molecule has 10 heteroatoms. The molecule has 2 aliphatic rings. The van der Waals surface area contributed by atoms with Crippen LogP contribution in [0.5, 0.6) is 5.75 Å². The highest BCUT2D eigenvalue weighted by molar-refractivity contribution is 6.30. The summed E-state index contributed by atoms with van der Waals surface area (Å²) in [6.45, 7) is 3.65. The number of amides is 2. The number of carbonyl (C=O) groups excluding carboxylic acids is 2. The molecule has 1 saturated heterocycles. The van der Waals surface area contributed by atoms with Crippen molar-refractivity contribution < 1.29 is 23.5 Å². The highest BCUT2D eigenvalue weighted by Gasteiger charge is 2.34. The van der Waals surface area contributed by atoms with Crippen molar-refractivity contribution in [3.8, 4) is 5.75 Å². The highest BCUT2D eigenvalue weighted by Crippen LogP contribution is 2.33. The lowest BCUT2D eigenvalue weighted by Gasteiger charge is -2.31. The van der Waals surface area contributed by atoms with Gasteiger partial charge in [-0.05, 0) is 59.7 Å². The molecule has 3 aromatic carbocycles. The summed E-state index contributed by atoms with van der Waals surface area (Å²) in [5.74, 6) is -0.268. The monoisotopic (exact) mass is 578 g/mol. The fraction of sp³-hybridized carbons (Fsp3) is 0.323. The van der Waals surface area contributed by atoms with E-state index in [1.807, 2.05) is 12.1 Å². The molecule has 5 rings (SSSR count). The molecular weight excluding hydrogens is 547 g/mol. The molecule has 0 bridgehead atoms. The van der Waals surface area contributed by atoms with Crippen LogP contribution >= 0.6 is 11.6 Å². The minimum Gasteiger partial charge on any atom is -0.497 e. The summed E-state index contributed by atoms with van der Waals surface area (Å²) in [7, 11) is 1.57. The first kappa shape index (κ1) is 28.7. The molecule has 8 nitrogen and oxygen atoms in total. The summed E-state index contributed by atoms with van der Waals surface area (Å²) < 4.78 is 24.3. The maximum absolute atomic E-state index is 13.9. The lowest BCUT2D eigenvalue weighted by Crippen LogP contribution is -2.46. The van der Waals surface area contributed by atoms with Crippen molar-refractivity contribution in [1.82, 2.24) is 14.8 Å². The van der Waals surface area contributed by atoms with Gasteiger partial charge in [0.25, 0.3) is 11.8 Å². The molecule has 0 unspecified atom stereocenters. The van der Waals surface area contributed by atoms with E-state index >= 15 is 0 Å². The Balaban J connectivity index is 1.40. The second-order valence-electron chi connectivity index (χ2n) is 9.97. The van der Waals surface area contributed by atoms with Crippen molar-refractivity contribution >= 4 is 29.1 Å². The number of carbonyl (C=O) groups is 2. The van der Waals surface area contributed by atoms with Crippen molar-refractivity contribution in [2.24, 2.45) is 5.10 Å². The van der Waals surface area contributed by atoms with Gasteiger partial charge in [0.15, 0.2) is 0 Å². The van der Waals surface area contributed by atoms with Crippen LogP contribution in [0.2, 0.25) is 5.02 Å². The third-order valence-electron chi connectivity index (χ3n) is 7.34. The van der Waals surface area contributed by atoms with Crippen molar-refractivity contribution in [2.75, 3.05) is 53.0 Å². The smallest absolute Gasteiger partial charge is 0.262 e. The minimum absolute atomic E-state index is 0.153. The zero-order chi connectivity index (χ0) is 28.8. The number of rotatable bonds is 9. The summed E-state index contributed by atoms with van der Waals surface area (Å²) >= 11 is 6.13. The van der Waals surface area contributed by atoms with Crippen LogP contribution in [0, 0.1) is 5.82 Å². The fourth-order valence-electron chi connectivity index (χ4n) is 4.99. The average molecular weight is 579 g/mol. The van der Waals surface area contributed by atoms with Crippen molar-refractivity contribution in [1.29, 1.82) is 0 Å². The molecule has 1 fully saturated rings. The van der Waals surface area contributed by atoms with Gasteiger partial charge in [-0.25, -0.2) is 9.40 Å². The molecule has 0 saturated carbocycles. The van der Waals surface area contributed by atoms with Gasteiger partial charge in [0.2, 0.25) is 0 Å². The predicted molar refractivity (Wildman–Crippen MR) is 155 cm³/mol. The number of hydrogen-bond donors (Lipinski definition) is 0. The summed E-state index contributed by atoms with van der Waals surface area (Å²) in [4.78, 5) is 31.4. The van der Waals surface area contributed by atoms with E-state index in [1.165, 1.54) is 17.1 Å². The van der Waals surface area contributed by atoms with E-state index in [-0.39, 0.29) is 24.2 Å². The summed E-state index contributed by atoms with van der Waals surface area (Å²) in [6.07, 6.45) is 0.444. The molecule has 2 amide bonds. The van der Waals surface area contributed by atoms with Crippen LogP contribution < -0.4 is 4.74 Å². The molecule has 2 aliphatic heterocycles. The standard InChI is InChI=1S/C31H32ClFN4O4/c1-40-27-12-6-24(7-13-27)31(39)36(15-14-35-16-18-41-19-17-35)21-30(38)37-29(23-2-8-25(32)9-3-23)20-28(34-37)22-4-10-26(33)11-5-22/h2-13,29H,14-21H2,1H3/t29-/m0/s1. The predicted octanol–water partition coefficient (Wildman–Crippen LogP) is 4.64. The first-order valence-electron chi connectivity index (χ1n) is 13.6. The molecule has 0 spiro atoms. The lowest BCUT2D eigenvalue weighted by atomic mass is 9.98. The molecule has 41 heavy (non-hydrogen) atoms. The van der Waals surface area contributed by atoms with E-state index in [9.17, 15) is 14.0 Å². The summed E-state index contributed by atoms with van der Waals surface area (Å²) in [6, 6.07) is 19.8. The fourth-order valence-corrected chi connectivity index (χ4v) is 5.12. The SMILES string of the molecule is COc1ccc(C(=O)N(CCN2CCOCC2)CC(=O)N2N=C(c3ccc(F)cc3)C[C@H]2c2ccc(Cl)cc2)cc1. The Hall–Kier alpha value is -3.79. The van der Waals surface area contributed by atoms with Crippen LogP contribution in [-0.4, -0.2) is 85.4 Å². The Morgan fingerprint density at radius 2 is 1.71 bits per heavy atom. The number of nitrogens with zero attached hydrogens (tertiary/aromatic N) is 4. The maximum Gasteiger partial charge on any atom is 0.262 e. The normalized spacial score (nSPS) is 17.3. The molecule has 2 heterocycles. The second kappa shape index (κ2) is 13.2. The quantitative estimate of drug-likeness (QED) is 0.370. The first-order valence-corrected chi connectivity index (χ1v) is 13.9. The van der Waals surface area contributed by atoms with E-state index in [1.54, 1.807) is 60.5 Å². The molecule has 0 aromatic heterocycles. The number of morpholine rings is 1. The van der Waals surface area contributed by atoms with Crippen LogP contribution in [0.25, 0.3) is 0 Å². The van der Waals surface area contributed by atoms with Gasteiger partial charge in [-0.2, -0.15) is 5.10 Å². The summed E-state index contributed by atoms with van der Waals surface area (Å²) in [5, 5.41) is 6.73. The van der Waals surface area contributed by atoms with E-state index in [0.717, 1.165) is 24.2 Å². The zero-order valence-electron chi connectivity index (χ0n) is 22.8. The molecule has 0 radical (unpaired) electrons. The zero-order valence-corrected chi connectivity index (χ0v) is 23.6. The van der Waals surface area contributed by atoms with Gasteiger partial charge in [-0.3, -0.25) is 14.5 Å². The molecule has 0 N–H and O–H groups in total. The van der Waals surface area contributed by atoms with Crippen molar-refractivity contribution in [2.45, 2.75) is 12.5 Å². The largest absolute Gasteiger partial charge is 0.497 e. The van der Waals surface area contributed by atoms with Gasteiger partial charge in [-0.1, -0.05) is 35.9 Å². The Bertz CT molecular complexity index is 1380. The van der Waals surface area contributed by atoms with Gasteiger partial charge >= 0.3 is 0 Å². The molecule has 1 atom stereocenters. The van der Waals surface area contributed by atoms with E-state index in [2.05, 4.69) is 10.0 Å². The Morgan fingerprint density at radius 1 is 1.02 bits per heavy atom. The topological polar surface area (TPSA) is 74.7 Å². The van der Waals surface area contributed by atoms with Crippen molar-refractivity contribution in [3.63, 3.8) is 0 Å². The third-order valence-corrected chi connectivity index (χ3v) is 7.59. The van der Waals surface area contributed by atoms with Gasteiger partial charge in [0, 0.05) is 43.2 Å². The van der Waals surface area contributed by atoms with Crippen LogP contribution in [0.3, 0.4) is 0 Å². The Morgan fingerprint density at radius 3 is 2.37 bits per heavy atom. The summed E-state index contributed by atoms with van der Waals surface area (Å²) in [5.41, 5.74) is 2.73. The van der Waals surface area contributed by atoms with Gasteiger partial charge in [-0.15, -0.1) is 0 Å². The minimum atomic E-state index is -0.392.